The number of aromatic nitrogens is 1. The lowest BCUT2D eigenvalue weighted by Crippen LogP contribution is -2.53. The number of likely N-dealkylation sites (tertiary alicyclic amines) is 1. The van der Waals surface area contributed by atoms with Crippen LogP contribution in [-0.4, -0.2) is 39.7 Å². The van der Waals surface area contributed by atoms with Gasteiger partial charge in [-0.2, -0.15) is 0 Å². The molecule has 0 bridgehead atoms. The Labute approximate surface area is 147 Å². The number of halogens is 1. The summed E-state index contributed by atoms with van der Waals surface area (Å²) in [6.07, 6.45) is 2.85. The smallest absolute Gasteiger partial charge is 0.411 e. The van der Waals surface area contributed by atoms with Gasteiger partial charge in [-0.3, -0.25) is 9.88 Å². The van der Waals surface area contributed by atoms with Crippen LogP contribution < -0.4 is 0 Å². The molecule has 6 nitrogen and oxygen atoms in total. The molecule has 25 heavy (non-hydrogen) atoms. The maximum atomic E-state index is 13.6. The Balaban J connectivity index is 2.42. The number of esters is 1. The molecule has 1 amide bonds. The first-order chi connectivity index (χ1) is 11.6. The maximum absolute atomic E-state index is 13.6. The van der Waals surface area contributed by atoms with E-state index in [0.717, 1.165) is 6.20 Å². The van der Waals surface area contributed by atoms with E-state index in [9.17, 15) is 14.0 Å². The van der Waals surface area contributed by atoms with Crippen molar-refractivity contribution in [2.24, 2.45) is 0 Å². The molecule has 0 aromatic carbocycles. The molecule has 1 aromatic rings. The molecule has 138 valence electrons. The topological polar surface area (TPSA) is 68.7 Å². The average molecular weight is 352 g/mol. The van der Waals surface area contributed by atoms with Gasteiger partial charge < -0.3 is 9.47 Å². The summed E-state index contributed by atoms with van der Waals surface area (Å²) in [5, 5.41) is 0. The number of amides is 1. The van der Waals surface area contributed by atoms with Crippen LogP contribution in [0, 0.1) is 5.82 Å². The molecule has 2 unspecified atom stereocenters. The molecule has 1 aromatic heterocycles. The maximum Gasteiger partial charge on any atom is 0.411 e. The minimum Gasteiger partial charge on any atom is -0.464 e. The molecule has 2 atom stereocenters. The monoisotopic (exact) mass is 352 g/mol. The fourth-order valence-electron chi connectivity index (χ4n) is 3.06. The summed E-state index contributed by atoms with van der Waals surface area (Å²) < 4.78 is 24.3. The van der Waals surface area contributed by atoms with Gasteiger partial charge in [0.15, 0.2) is 0 Å². The Morgan fingerprint density at radius 2 is 2.08 bits per heavy atom. The Hall–Kier alpha value is -2.18. The van der Waals surface area contributed by atoms with Crippen LogP contribution in [0.4, 0.5) is 9.18 Å². The lowest BCUT2D eigenvalue weighted by atomic mass is 9.99. The second-order valence-electron chi connectivity index (χ2n) is 7.34. The van der Waals surface area contributed by atoms with Crippen LogP contribution in [0.15, 0.2) is 18.5 Å². The van der Waals surface area contributed by atoms with E-state index in [4.69, 9.17) is 9.47 Å². The zero-order valence-electron chi connectivity index (χ0n) is 15.3. The van der Waals surface area contributed by atoms with Gasteiger partial charge in [0.2, 0.25) is 0 Å². The Morgan fingerprint density at radius 3 is 2.64 bits per heavy atom. The summed E-state index contributed by atoms with van der Waals surface area (Å²) in [5.74, 6) is -0.987. The highest BCUT2D eigenvalue weighted by Crippen LogP contribution is 2.44. The van der Waals surface area contributed by atoms with E-state index >= 15 is 0 Å². The Kier molecular flexibility index (Phi) is 5.34. The van der Waals surface area contributed by atoms with Crippen molar-refractivity contribution in [1.29, 1.82) is 0 Å². The quantitative estimate of drug-likeness (QED) is 0.777. The third-order valence-corrected chi connectivity index (χ3v) is 4.16. The van der Waals surface area contributed by atoms with E-state index in [0.29, 0.717) is 18.4 Å². The summed E-state index contributed by atoms with van der Waals surface area (Å²) in [5.41, 5.74) is -1.37. The van der Waals surface area contributed by atoms with Gasteiger partial charge in [-0.1, -0.05) is 0 Å². The first-order valence-corrected chi connectivity index (χ1v) is 8.38. The van der Waals surface area contributed by atoms with Gasteiger partial charge in [-0.15, -0.1) is 0 Å². The van der Waals surface area contributed by atoms with Gasteiger partial charge in [0.25, 0.3) is 0 Å². The summed E-state index contributed by atoms with van der Waals surface area (Å²) in [4.78, 5) is 30.6. The fourth-order valence-corrected chi connectivity index (χ4v) is 3.06. The number of carbonyl (C=O) groups is 2. The van der Waals surface area contributed by atoms with E-state index in [1.165, 1.54) is 17.2 Å². The molecular formula is C18H25FN2O4. The molecular weight excluding hydrogens is 327 g/mol. The highest BCUT2D eigenvalue weighted by Gasteiger charge is 2.53. The molecule has 0 spiro atoms. The van der Waals surface area contributed by atoms with Crippen LogP contribution in [0.2, 0.25) is 0 Å². The SMILES string of the molecule is CCOC(=O)C1(C)CCC(c2cncc(F)c2)N1C(=O)OC(C)(C)C. The number of rotatable bonds is 3. The molecule has 0 N–H and O–H groups in total. The van der Waals surface area contributed by atoms with Crippen LogP contribution in [-0.2, 0) is 14.3 Å². The van der Waals surface area contributed by atoms with Gasteiger partial charge in [-0.05, 0) is 59.1 Å². The predicted octanol–water partition coefficient (Wildman–Crippen LogP) is 3.61. The number of hydrogen-bond donors (Lipinski definition) is 0. The molecule has 1 fully saturated rings. The number of ether oxygens (including phenoxy) is 2. The predicted molar refractivity (Wildman–Crippen MR) is 89.3 cm³/mol. The minimum atomic E-state index is -1.17. The van der Waals surface area contributed by atoms with E-state index in [1.807, 2.05) is 0 Å². The first kappa shape index (κ1) is 19.1. The lowest BCUT2D eigenvalue weighted by molar-refractivity contribution is -0.155. The molecule has 1 aliphatic rings. The molecule has 0 radical (unpaired) electrons. The van der Waals surface area contributed by atoms with Crippen molar-refractivity contribution in [2.45, 2.75) is 64.6 Å². The van der Waals surface area contributed by atoms with Crippen molar-refractivity contribution in [3.8, 4) is 0 Å². The highest BCUT2D eigenvalue weighted by atomic mass is 19.1. The first-order valence-electron chi connectivity index (χ1n) is 8.38. The second kappa shape index (κ2) is 6.98. The third-order valence-electron chi connectivity index (χ3n) is 4.16. The van der Waals surface area contributed by atoms with Crippen molar-refractivity contribution in [2.75, 3.05) is 6.61 Å². The van der Waals surface area contributed by atoms with Crippen molar-refractivity contribution in [1.82, 2.24) is 9.88 Å². The average Bonchev–Trinajstić information content (AvgIpc) is 2.85. The van der Waals surface area contributed by atoms with E-state index in [-0.39, 0.29) is 6.61 Å². The zero-order valence-corrected chi connectivity index (χ0v) is 15.3. The molecule has 1 saturated heterocycles. The summed E-state index contributed by atoms with van der Waals surface area (Å²) in [6.45, 7) is 8.83. The summed E-state index contributed by atoms with van der Waals surface area (Å²) >= 11 is 0. The Morgan fingerprint density at radius 1 is 1.40 bits per heavy atom. The highest BCUT2D eigenvalue weighted by molar-refractivity contribution is 5.86. The summed E-state index contributed by atoms with van der Waals surface area (Å²) in [6, 6.07) is 0.818. The summed E-state index contributed by atoms with van der Waals surface area (Å²) in [7, 11) is 0. The molecule has 2 rings (SSSR count). The molecule has 7 heteroatoms. The van der Waals surface area contributed by atoms with Crippen molar-refractivity contribution < 1.29 is 23.5 Å². The van der Waals surface area contributed by atoms with Crippen LogP contribution >= 0.6 is 0 Å². The van der Waals surface area contributed by atoms with Gasteiger partial charge >= 0.3 is 12.1 Å². The zero-order chi connectivity index (χ0) is 18.8. The van der Waals surface area contributed by atoms with Crippen LogP contribution in [0.5, 0.6) is 0 Å². The number of pyridine rings is 1. The number of carbonyl (C=O) groups excluding carboxylic acids is 2. The third kappa shape index (κ3) is 4.08. The van der Waals surface area contributed by atoms with Gasteiger partial charge in [-0.25, -0.2) is 14.0 Å². The largest absolute Gasteiger partial charge is 0.464 e. The van der Waals surface area contributed by atoms with E-state index in [1.54, 1.807) is 34.6 Å². The molecule has 1 aliphatic heterocycles. The minimum absolute atomic E-state index is 0.211. The standard InChI is InChI=1S/C18H25FN2O4/c1-6-24-15(22)18(5)8-7-14(12-9-13(19)11-20-10-12)21(18)16(23)25-17(2,3)4/h9-11,14H,6-8H2,1-5H3. The lowest BCUT2D eigenvalue weighted by Gasteiger charge is -2.37. The molecule has 0 aliphatic carbocycles. The molecule has 2 heterocycles. The van der Waals surface area contributed by atoms with Crippen LogP contribution in [0.1, 0.15) is 59.1 Å². The van der Waals surface area contributed by atoms with Crippen LogP contribution in [0.3, 0.4) is 0 Å². The molecule has 0 saturated carbocycles. The van der Waals surface area contributed by atoms with Gasteiger partial charge in [0.05, 0.1) is 18.8 Å². The van der Waals surface area contributed by atoms with Crippen LogP contribution in [0.25, 0.3) is 0 Å². The Bertz CT molecular complexity index is 659. The number of hydrogen-bond acceptors (Lipinski definition) is 5. The van der Waals surface area contributed by atoms with Crippen molar-refractivity contribution >= 4 is 12.1 Å². The fraction of sp³-hybridized carbons (Fsp3) is 0.611. The van der Waals surface area contributed by atoms with Crippen molar-refractivity contribution in [3.05, 3.63) is 29.8 Å². The van der Waals surface area contributed by atoms with E-state index in [2.05, 4.69) is 4.98 Å². The number of nitrogens with zero attached hydrogens (tertiary/aromatic N) is 2. The van der Waals surface area contributed by atoms with Gasteiger partial charge in [0.1, 0.15) is 17.0 Å². The van der Waals surface area contributed by atoms with Gasteiger partial charge in [0, 0.05) is 6.20 Å². The second-order valence-corrected chi connectivity index (χ2v) is 7.34. The van der Waals surface area contributed by atoms with Crippen molar-refractivity contribution in [3.63, 3.8) is 0 Å². The normalized spacial score (nSPS) is 23.4. The van der Waals surface area contributed by atoms with E-state index < -0.39 is 35.1 Å².